The summed E-state index contributed by atoms with van der Waals surface area (Å²) in [7, 11) is 0. The maximum Gasteiger partial charge on any atom is 0.251 e. The molecule has 1 unspecified atom stereocenters. The van der Waals surface area contributed by atoms with Gasteiger partial charge in [-0.1, -0.05) is 6.92 Å². The molecule has 2 amide bonds. The standard InChI is InChI=1S/C21H28N2O2S/c1-11-2-3-16-15(4-11)17(18(22)24)19(26-16)23-20(25)21-8-12-5-13(9-21)7-14(6-12)10-21/h11-14H,2-10H2,1H3,(H2,22,24)(H,23,25). The van der Waals surface area contributed by atoms with Crippen molar-refractivity contribution in [3.63, 3.8) is 0 Å². The van der Waals surface area contributed by atoms with E-state index in [1.165, 1.54) is 24.1 Å². The predicted molar refractivity (Wildman–Crippen MR) is 103 cm³/mol. The Hall–Kier alpha value is -1.36. The molecule has 6 rings (SSSR count). The Kier molecular flexibility index (Phi) is 3.76. The monoisotopic (exact) mass is 372 g/mol. The molecule has 140 valence electrons. The van der Waals surface area contributed by atoms with Gasteiger partial charge in [0.15, 0.2) is 0 Å². The summed E-state index contributed by atoms with van der Waals surface area (Å²) in [5.74, 6) is 2.55. The molecule has 4 saturated carbocycles. The van der Waals surface area contributed by atoms with E-state index in [1.807, 2.05) is 0 Å². The van der Waals surface area contributed by atoms with Crippen LogP contribution in [0.2, 0.25) is 0 Å². The third-order valence-electron chi connectivity index (χ3n) is 7.50. The summed E-state index contributed by atoms with van der Waals surface area (Å²) in [5.41, 5.74) is 7.23. The lowest BCUT2D eigenvalue weighted by Gasteiger charge is -2.55. The quantitative estimate of drug-likeness (QED) is 0.837. The summed E-state index contributed by atoms with van der Waals surface area (Å²) in [6.07, 6.45) is 10.1. The molecular weight excluding hydrogens is 344 g/mol. The van der Waals surface area contributed by atoms with E-state index in [0.717, 1.165) is 66.8 Å². The van der Waals surface area contributed by atoms with Crippen LogP contribution < -0.4 is 11.1 Å². The predicted octanol–water partition coefficient (Wildman–Crippen LogP) is 4.13. The highest BCUT2D eigenvalue weighted by atomic mass is 32.1. The smallest absolute Gasteiger partial charge is 0.251 e. The van der Waals surface area contributed by atoms with Crippen molar-refractivity contribution in [3.8, 4) is 0 Å². The Bertz CT molecular complexity index is 746. The van der Waals surface area contributed by atoms with Gasteiger partial charge >= 0.3 is 0 Å². The molecule has 0 aromatic carbocycles. The van der Waals surface area contributed by atoms with Crippen molar-refractivity contribution >= 4 is 28.2 Å². The molecule has 1 atom stereocenters. The molecule has 0 aliphatic heterocycles. The van der Waals surface area contributed by atoms with Gasteiger partial charge in [0.05, 0.1) is 11.0 Å². The van der Waals surface area contributed by atoms with Gasteiger partial charge in [-0.2, -0.15) is 0 Å². The highest BCUT2D eigenvalue weighted by Crippen LogP contribution is 2.60. The molecule has 5 aliphatic rings. The summed E-state index contributed by atoms with van der Waals surface area (Å²) in [6.45, 7) is 2.22. The number of aryl methyl sites for hydroxylation is 1. The first-order valence-corrected chi connectivity index (χ1v) is 11.0. The van der Waals surface area contributed by atoms with Crippen LogP contribution in [0.3, 0.4) is 0 Å². The van der Waals surface area contributed by atoms with Crippen LogP contribution in [0.15, 0.2) is 0 Å². The van der Waals surface area contributed by atoms with Crippen molar-refractivity contribution in [3.05, 3.63) is 16.0 Å². The number of nitrogens with one attached hydrogen (secondary N) is 1. The second-order valence-corrected chi connectivity index (χ2v) is 10.7. The van der Waals surface area contributed by atoms with E-state index in [9.17, 15) is 9.59 Å². The van der Waals surface area contributed by atoms with E-state index in [-0.39, 0.29) is 11.3 Å². The molecule has 4 bridgehead atoms. The molecule has 0 radical (unpaired) electrons. The second kappa shape index (κ2) is 5.82. The highest BCUT2D eigenvalue weighted by molar-refractivity contribution is 7.17. The summed E-state index contributed by atoms with van der Waals surface area (Å²) in [6, 6.07) is 0. The van der Waals surface area contributed by atoms with E-state index in [2.05, 4.69) is 12.2 Å². The molecule has 5 aliphatic carbocycles. The number of anilines is 1. The van der Waals surface area contributed by atoms with Gasteiger partial charge in [0.25, 0.3) is 5.91 Å². The number of hydrogen-bond acceptors (Lipinski definition) is 3. The normalized spacial score (nSPS) is 37.4. The lowest BCUT2D eigenvalue weighted by atomic mass is 9.49. The Morgan fingerprint density at radius 1 is 1.12 bits per heavy atom. The van der Waals surface area contributed by atoms with Gasteiger partial charge in [-0.25, -0.2) is 0 Å². The summed E-state index contributed by atoms with van der Waals surface area (Å²) in [5, 5.41) is 3.92. The molecule has 3 N–H and O–H groups in total. The number of carbonyl (C=O) groups excluding carboxylic acids is 2. The largest absolute Gasteiger partial charge is 0.365 e. The number of amides is 2. The van der Waals surface area contributed by atoms with Crippen LogP contribution in [0.5, 0.6) is 0 Å². The van der Waals surface area contributed by atoms with Gasteiger partial charge in [-0.15, -0.1) is 11.3 Å². The van der Waals surface area contributed by atoms with Crippen molar-refractivity contribution < 1.29 is 9.59 Å². The zero-order valence-electron chi connectivity index (χ0n) is 15.5. The number of thiophene rings is 1. The van der Waals surface area contributed by atoms with Crippen LogP contribution in [-0.2, 0) is 17.6 Å². The van der Waals surface area contributed by atoms with Gasteiger partial charge < -0.3 is 11.1 Å². The number of fused-ring (bicyclic) bond motifs is 1. The Morgan fingerprint density at radius 2 is 1.73 bits per heavy atom. The van der Waals surface area contributed by atoms with Crippen molar-refractivity contribution in [1.82, 2.24) is 0 Å². The third-order valence-corrected chi connectivity index (χ3v) is 8.71. The van der Waals surface area contributed by atoms with E-state index in [4.69, 9.17) is 5.73 Å². The molecule has 0 spiro atoms. The maximum atomic E-state index is 13.4. The molecule has 1 aromatic rings. The van der Waals surface area contributed by atoms with Crippen LogP contribution in [0.25, 0.3) is 0 Å². The lowest BCUT2D eigenvalue weighted by molar-refractivity contribution is -0.140. The first-order valence-electron chi connectivity index (χ1n) is 10.2. The first kappa shape index (κ1) is 16.8. The molecule has 4 fully saturated rings. The average molecular weight is 373 g/mol. The Balaban J connectivity index is 1.45. The number of primary amides is 1. The minimum Gasteiger partial charge on any atom is -0.365 e. The van der Waals surface area contributed by atoms with Crippen molar-refractivity contribution in [2.75, 3.05) is 5.32 Å². The van der Waals surface area contributed by atoms with Crippen LogP contribution in [0.1, 0.15) is 72.7 Å². The van der Waals surface area contributed by atoms with Gasteiger partial charge in [0.1, 0.15) is 5.00 Å². The van der Waals surface area contributed by atoms with E-state index < -0.39 is 5.91 Å². The van der Waals surface area contributed by atoms with Crippen LogP contribution in [-0.4, -0.2) is 11.8 Å². The summed E-state index contributed by atoms with van der Waals surface area (Å²) in [4.78, 5) is 26.8. The molecule has 5 heteroatoms. The van der Waals surface area contributed by atoms with Crippen molar-refractivity contribution in [1.29, 1.82) is 0 Å². The Labute approximate surface area is 158 Å². The SMILES string of the molecule is CC1CCc2sc(NC(=O)C34CC5CC(CC(C5)C3)C4)c(C(N)=O)c2C1. The van der Waals surface area contributed by atoms with Gasteiger partial charge in [-0.05, 0) is 87.0 Å². The third kappa shape index (κ3) is 2.54. The average Bonchev–Trinajstić information content (AvgIpc) is 2.90. The van der Waals surface area contributed by atoms with E-state index >= 15 is 0 Å². The minimum atomic E-state index is -0.391. The van der Waals surface area contributed by atoms with Crippen LogP contribution in [0.4, 0.5) is 5.00 Å². The first-order chi connectivity index (χ1) is 12.4. The number of rotatable bonds is 3. The van der Waals surface area contributed by atoms with Gasteiger partial charge in [-0.3, -0.25) is 9.59 Å². The number of nitrogens with two attached hydrogens (primary N) is 1. The number of hydrogen-bond donors (Lipinski definition) is 2. The zero-order chi connectivity index (χ0) is 18.1. The van der Waals surface area contributed by atoms with Gasteiger partial charge in [0.2, 0.25) is 5.91 Å². The van der Waals surface area contributed by atoms with E-state index in [1.54, 1.807) is 11.3 Å². The van der Waals surface area contributed by atoms with Crippen LogP contribution >= 0.6 is 11.3 Å². The van der Waals surface area contributed by atoms with Crippen molar-refractivity contribution in [2.24, 2.45) is 34.8 Å². The summed E-state index contributed by atoms with van der Waals surface area (Å²) < 4.78 is 0. The summed E-state index contributed by atoms with van der Waals surface area (Å²) >= 11 is 1.59. The number of carbonyl (C=O) groups is 2. The fourth-order valence-electron chi connectivity index (χ4n) is 6.73. The maximum absolute atomic E-state index is 13.4. The fourth-order valence-corrected chi connectivity index (χ4v) is 7.98. The fraction of sp³-hybridized carbons (Fsp3) is 0.714. The topological polar surface area (TPSA) is 72.2 Å². The van der Waals surface area contributed by atoms with Gasteiger partial charge in [0, 0.05) is 4.88 Å². The molecule has 1 aromatic heterocycles. The molecule has 0 saturated heterocycles. The minimum absolute atomic E-state index is 0.158. The highest BCUT2D eigenvalue weighted by Gasteiger charge is 2.54. The van der Waals surface area contributed by atoms with Crippen molar-refractivity contribution in [2.45, 2.75) is 64.7 Å². The molecular formula is C21H28N2O2S. The zero-order valence-corrected chi connectivity index (χ0v) is 16.3. The molecule has 26 heavy (non-hydrogen) atoms. The molecule has 1 heterocycles. The molecule has 4 nitrogen and oxygen atoms in total. The Morgan fingerprint density at radius 3 is 2.31 bits per heavy atom. The van der Waals surface area contributed by atoms with Crippen LogP contribution in [0, 0.1) is 29.1 Å². The lowest BCUT2D eigenvalue weighted by Crippen LogP contribution is -2.51. The second-order valence-electron chi connectivity index (χ2n) is 9.57. The van der Waals surface area contributed by atoms with E-state index in [0.29, 0.717) is 11.5 Å².